The van der Waals surface area contributed by atoms with Gasteiger partial charge in [-0.15, -0.1) is 0 Å². The maximum atomic E-state index is 13.6. The molecule has 0 aromatic heterocycles. The van der Waals surface area contributed by atoms with Crippen molar-refractivity contribution in [3.8, 4) is 0 Å². The fourth-order valence-electron chi connectivity index (χ4n) is 2.37. The number of benzene rings is 2. The lowest BCUT2D eigenvalue weighted by molar-refractivity contribution is 0.617. The molecular weight excluding hydrogens is 372 g/mol. The Hall–Kier alpha value is -0.750. The monoisotopic (exact) mass is 385 g/mol. The molecule has 0 radical (unpaired) electrons. The average molecular weight is 385 g/mol. The Morgan fingerprint density at radius 1 is 1.11 bits per heavy atom. The topological polar surface area (TPSA) is 26.0 Å². The molecule has 2 N–H and O–H groups in total. The molecule has 0 amide bonds. The van der Waals surface area contributed by atoms with E-state index in [4.69, 9.17) is 5.73 Å². The maximum absolute atomic E-state index is 13.6. The standard InChI is InChI=1S/C15H13FINS/c16-12-7-15(14(18)8-13(12)17)19-11-5-4-9-2-1-3-10(9)6-11/h4-8H,1-3,18H2. The molecule has 4 heteroatoms. The van der Waals surface area contributed by atoms with Crippen LogP contribution in [0.1, 0.15) is 17.5 Å². The Bertz CT molecular complexity index is 642. The molecule has 98 valence electrons. The molecule has 0 bridgehead atoms. The lowest BCUT2D eigenvalue weighted by Gasteiger charge is -2.08. The van der Waals surface area contributed by atoms with Crippen LogP contribution < -0.4 is 5.73 Å². The van der Waals surface area contributed by atoms with Crippen molar-refractivity contribution in [1.29, 1.82) is 0 Å². The van der Waals surface area contributed by atoms with Crippen LogP contribution in [0.15, 0.2) is 40.1 Å². The number of fused-ring (bicyclic) bond motifs is 1. The quantitative estimate of drug-likeness (QED) is 0.602. The zero-order chi connectivity index (χ0) is 13.4. The van der Waals surface area contributed by atoms with E-state index in [0.717, 1.165) is 16.2 Å². The molecule has 1 aliphatic carbocycles. The summed E-state index contributed by atoms with van der Waals surface area (Å²) in [5.74, 6) is -0.210. The minimum Gasteiger partial charge on any atom is -0.398 e. The molecule has 3 rings (SSSR count). The molecule has 1 nitrogen and oxygen atoms in total. The molecule has 0 unspecified atom stereocenters. The number of anilines is 1. The molecule has 0 spiro atoms. The third kappa shape index (κ3) is 2.74. The number of hydrogen-bond acceptors (Lipinski definition) is 2. The normalized spacial score (nSPS) is 13.6. The summed E-state index contributed by atoms with van der Waals surface area (Å²) in [7, 11) is 0. The molecule has 1 aliphatic rings. The molecule has 0 aliphatic heterocycles. The van der Waals surface area contributed by atoms with Crippen LogP contribution in [-0.4, -0.2) is 0 Å². The van der Waals surface area contributed by atoms with Crippen LogP contribution in [0.5, 0.6) is 0 Å². The Morgan fingerprint density at radius 3 is 2.74 bits per heavy atom. The van der Waals surface area contributed by atoms with Crippen molar-refractivity contribution in [1.82, 2.24) is 0 Å². The number of rotatable bonds is 2. The highest BCUT2D eigenvalue weighted by atomic mass is 127. The molecule has 0 heterocycles. The number of halogens is 2. The number of nitrogens with two attached hydrogens (primary N) is 1. The van der Waals surface area contributed by atoms with Gasteiger partial charge in [0.2, 0.25) is 0 Å². The number of aryl methyl sites for hydroxylation is 2. The minimum atomic E-state index is -0.210. The van der Waals surface area contributed by atoms with Crippen molar-refractivity contribution < 1.29 is 4.39 Å². The van der Waals surface area contributed by atoms with Crippen LogP contribution >= 0.6 is 34.4 Å². The summed E-state index contributed by atoms with van der Waals surface area (Å²) in [4.78, 5) is 1.92. The fraction of sp³-hybridized carbons (Fsp3) is 0.200. The SMILES string of the molecule is Nc1cc(I)c(F)cc1Sc1ccc2c(c1)CCC2. The van der Waals surface area contributed by atoms with Crippen LogP contribution in [0.3, 0.4) is 0 Å². The molecule has 19 heavy (non-hydrogen) atoms. The van der Waals surface area contributed by atoms with Gasteiger partial charge in [-0.2, -0.15) is 0 Å². The van der Waals surface area contributed by atoms with Crippen LogP contribution in [0.4, 0.5) is 10.1 Å². The van der Waals surface area contributed by atoms with Gasteiger partial charge >= 0.3 is 0 Å². The maximum Gasteiger partial charge on any atom is 0.137 e. The lowest BCUT2D eigenvalue weighted by Crippen LogP contribution is -1.93. The summed E-state index contributed by atoms with van der Waals surface area (Å²) in [5.41, 5.74) is 9.47. The summed E-state index contributed by atoms with van der Waals surface area (Å²) in [6.45, 7) is 0. The lowest BCUT2D eigenvalue weighted by atomic mass is 10.1. The second-order valence-corrected chi connectivity index (χ2v) is 6.97. The first-order valence-electron chi connectivity index (χ1n) is 6.17. The Balaban J connectivity index is 1.91. The summed E-state index contributed by atoms with van der Waals surface area (Å²) in [6.07, 6.45) is 3.57. The molecular formula is C15H13FINS. The Kier molecular flexibility index (Phi) is 3.71. The van der Waals surface area contributed by atoms with Crippen molar-refractivity contribution in [3.05, 3.63) is 50.8 Å². The van der Waals surface area contributed by atoms with Gasteiger partial charge in [-0.3, -0.25) is 0 Å². The van der Waals surface area contributed by atoms with Gasteiger partial charge in [0.05, 0.1) is 3.57 Å². The fourth-order valence-corrected chi connectivity index (χ4v) is 3.79. The zero-order valence-electron chi connectivity index (χ0n) is 10.2. The van der Waals surface area contributed by atoms with Gasteiger partial charge in [-0.05, 0) is 77.2 Å². The first-order valence-corrected chi connectivity index (χ1v) is 8.07. The van der Waals surface area contributed by atoms with Gasteiger partial charge in [0, 0.05) is 15.5 Å². The van der Waals surface area contributed by atoms with Gasteiger partial charge < -0.3 is 5.73 Å². The molecule has 2 aromatic rings. The summed E-state index contributed by atoms with van der Waals surface area (Å²) < 4.78 is 14.2. The van der Waals surface area contributed by atoms with Crippen molar-refractivity contribution in [3.63, 3.8) is 0 Å². The molecule has 0 atom stereocenters. The first kappa shape index (κ1) is 13.2. The Morgan fingerprint density at radius 2 is 1.89 bits per heavy atom. The van der Waals surface area contributed by atoms with Gasteiger partial charge in [-0.1, -0.05) is 17.8 Å². The van der Waals surface area contributed by atoms with Gasteiger partial charge in [-0.25, -0.2) is 4.39 Å². The van der Waals surface area contributed by atoms with Gasteiger partial charge in [0.25, 0.3) is 0 Å². The zero-order valence-corrected chi connectivity index (χ0v) is 13.2. The third-order valence-corrected chi connectivity index (χ3v) is 5.24. The molecule has 0 fully saturated rings. The highest BCUT2D eigenvalue weighted by molar-refractivity contribution is 14.1. The highest BCUT2D eigenvalue weighted by Gasteiger charge is 2.12. The average Bonchev–Trinajstić information content (AvgIpc) is 2.83. The van der Waals surface area contributed by atoms with Crippen LogP contribution in [0.2, 0.25) is 0 Å². The van der Waals surface area contributed by atoms with E-state index in [2.05, 4.69) is 18.2 Å². The first-order chi connectivity index (χ1) is 9.13. The molecule has 0 saturated heterocycles. The highest BCUT2D eigenvalue weighted by Crippen LogP contribution is 2.36. The summed E-state index contributed by atoms with van der Waals surface area (Å²) in [6, 6.07) is 9.71. The second-order valence-electron chi connectivity index (χ2n) is 4.69. The molecule has 2 aromatic carbocycles. The largest absolute Gasteiger partial charge is 0.398 e. The van der Waals surface area contributed by atoms with Crippen LogP contribution in [0, 0.1) is 9.39 Å². The van der Waals surface area contributed by atoms with E-state index < -0.39 is 0 Å². The van der Waals surface area contributed by atoms with E-state index in [1.54, 1.807) is 6.07 Å². The van der Waals surface area contributed by atoms with E-state index in [9.17, 15) is 4.39 Å². The smallest absolute Gasteiger partial charge is 0.137 e. The van der Waals surface area contributed by atoms with Crippen LogP contribution in [0.25, 0.3) is 0 Å². The van der Waals surface area contributed by atoms with Crippen molar-refractivity contribution in [2.75, 3.05) is 5.73 Å². The van der Waals surface area contributed by atoms with E-state index in [1.165, 1.54) is 41.8 Å². The predicted octanol–water partition coefficient (Wildman–Crippen LogP) is 4.65. The second kappa shape index (κ2) is 5.32. The van der Waals surface area contributed by atoms with Gasteiger partial charge in [0.15, 0.2) is 0 Å². The van der Waals surface area contributed by atoms with E-state index in [1.807, 2.05) is 22.6 Å². The number of nitrogen functional groups attached to an aromatic ring is 1. The van der Waals surface area contributed by atoms with Crippen molar-refractivity contribution >= 4 is 40.0 Å². The van der Waals surface area contributed by atoms with E-state index in [-0.39, 0.29) is 5.82 Å². The van der Waals surface area contributed by atoms with Gasteiger partial charge in [0.1, 0.15) is 5.82 Å². The summed E-state index contributed by atoms with van der Waals surface area (Å²) >= 11 is 3.49. The third-order valence-electron chi connectivity index (χ3n) is 3.35. The Labute approximate surface area is 129 Å². The summed E-state index contributed by atoms with van der Waals surface area (Å²) in [5, 5.41) is 0. The van der Waals surface area contributed by atoms with Crippen LogP contribution in [-0.2, 0) is 12.8 Å². The number of hydrogen-bond donors (Lipinski definition) is 1. The van der Waals surface area contributed by atoms with Crippen molar-refractivity contribution in [2.24, 2.45) is 0 Å². The minimum absolute atomic E-state index is 0.210. The predicted molar refractivity (Wildman–Crippen MR) is 86.1 cm³/mol. The molecule has 0 saturated carbocycles. The van der Waals surface area contributed by atoms with Crippen molar-refractivity contribution in [2.45, 2.75) is 29.1 Å². The van der Waals surface area contributed by atoms with E-state index >= 15 is 0 Å². The van der Waals surface area contributed by atoms with E-state index in [0.29, 0.717) is 9.26 Å².